The number of halogens is 3. The molecule has 0 bridgehead atoms. The summed E-state index contributed by atoms with van der Waals surface area (Å²) in [7, 11) is 0. The Morgan fingerprint density at radius 3 is 2.26 bits per heavy atom. The highest BCUT2D eigenvalue weighted by molar-refractivity contribution is 5.33. The van der Waals surface area contributed by atoms with Crippen LogP contribution in [0.3, 0.4) is 0 Å². The standard InChI is InChI=1S/C19H31F3O/c1-6-9-12-16(14-15(4)5)23-18(11-8-3)17(13-10-7-2)19(20,21)22/h7,10-11,13,15-16H,6,8-9,12,14H2,1-5H3/b10-7-,17-13+,18-11-. The van der Waals surface area contributed by atoms with Crippen molar-refractivity contribution < 1.29 is 17.9 Å². The third kappa shape index (κ3) is 9.52. The molecule has 1 unspecified atom stereocenters. The van der Waals surface area contributed by atoms with Crippen LogP contribution in [0.15, 0.2) is 35.6 Å². The van der Waals surface area contributed by atoms with Gasteiger partial charge in [-0.15, -0.1) is 0 Å². The van der Waals surface area contributed by atoms with Crippen LogP contribution >= 0.6 is 0 Å². The Hall–Kier alpha value is -1.19. The Morgan fingerprint density at radius 2 is 1.83 bits per heavy atom. The lowest BCUT2D eigenvalue weighted by atomic mass is 10.0. The minimum atomic E-state index is -4.42. The normalized spacial score (nSPS) is 15.5. The van der Waals surface area contributed by atoms with Crippen molar-refractivity contribution in [1.82, 2.24) is 0 Å². The molecule has 0 aliphatic heterocycles. The van der Waals surface area contributed by atoms with Crippen LogP contribution in [0.4, 0.5) is 13.2 Å². The SMILES string of the molecule is C\C=C/C=C(\C(=C\CC)OC(CCCC)CC(C)C)C(F)(F)F. The first-order valence-electron chi connectivity index (χ1n) is 8.53. The van der Waals surface area contributed by atoms with E-state index in [-0.39, 0.29) is 11.9 Å². The molecule has 0 aromatic heterocycles. The van der Waals surface area contributed by atoms with Crippen LogP contribution in [0.2, 0.25) is 0 Å². The van der Waals surface area contributed by atoms with Crippen LogP contribution in [-0.2, 0) is 4.74 Å². The highest BCUT2D eigenvalue weighted by Gasteiger charge is 2.37. The number of hydrogen-bond donors (Lipinski definition) is 0. The summed E-state index contributed by atoms with van der Waals surface area (Å²) in [4.78, 5) is 0. The Balaban J connectivity index is 5.43. The van der Waals surface area contributed by atoms with Crippen LogP contribution in [-0.4, -0.2) is 12.3 Å². The lowest BCUT2D eigenvalue weighted by Crippen LogP contribution is -2.21. The van der Waals surface area contributed by atoms with E-state index in [0.717, 1.165) is 31.8 Å². The smallest absolute Gasteiger partial charge is 0.419 e. The van der Waals surface area contributed by atoms with Crippen LogP contribution in [0.5, 0.6) is 0 Å². The van der Waals surface area contributed by atoms with E-state index in [0.29, 0.717) is 12.3 Å². The molecule has 1 atom stereocenters. The molecule has 0 N–H and O–H groups in total. The van der Waals surface area contributed by atoms with Gasteiger partial charge in [0, 0.05) is 0 Å². The van der Waals surface area contributed by atoms with Gasteiger partial charge >= 0.3 is 6.18 Å². The molecule has 0 rings (SSSR count). The molecule has 0 heterocycles. The van der Waals surface area contributed by atoms with E-state index >= 15 is 0 Å². The topological polar surface area (TPSA) is 9.23 Å². The van der Waals surface area contributed by atoms with Gasteiger partial charge in [0.15, 0.2) is 0 Å². The second kappa shape index (κ2) is 11.4. The van der Waals surface area contributed by atoms with Crippen LogP contribution in [0.1, 0.15) is 66.7 Å². The van der Waals surface area contributed by atoms with Crippen molar-refractivity contribution in [3.8, 4) is 0 Å². The fourth-order valence-electron chi connectivity index (χ4n) is 2.28. The zero-order chi connectivity index (χ0) is 17.9. The van der Waals surface area contributed by atoms with Crippen molar-refractivity contribution in [2.75, 3.05) is 0 Å². The average molecular weight is 332 g/mol. The monoisotopic (exact) mass is 332 g/mol. The highest BCUT2D eigenvalue weighted by atomic mass is 19.4. The Kier molecular flexibility index (Phi) is 10.8. The molecule has 0 fully saturated rings. The second-order valence-corrected chi connectivity index (χ2v) is 6.09. The van der Waals surface area contributed by atoms with Crippen LogP contribution in [0, 0.1) is 5.92 Å². The van der Waals surface area contributed by atoms with Crippen molar-refractivity contribution in [1.29, 1.82) is 0 Å². The predicted octanol–water partition coefficient (Wildman–Crippen LogP) is 6.97. The zero-order valence-electron chi connectivity index (χ0n) is 15.0. The summed E-state index contributed by atoms with van der Waals surface area (Å²) in [6.45, 7) is 9.70. The zero-order valence-corrected chi connectivity index (χ0v) is 15.0. The largest absolute Gasteiger partial charge is 0.490 e. The van der Waals surface area contributed by atoms with E-state index in [1.807, 2.05) is 6.92 Å². The summed E-state index contributed by atoms with van der Waals surface area (Å²) in [5.74, 6) is 0.341. The maximum absolute atomic E-state index is 13.4. The Labute approximate surface area is 139 Å². The van der Waals surface area contributed by atoms with Gasteiger partial charge in [0.05, 0.1) is 11.7 Å². The third-order valence-electron chi connectivity index (χ3n) is 3.32. The molecule has 0 aliphatic rings. The van der Waals surface area contributed by atoms with Crippen molar-refractivity contribution in [3.05, 3.63) is 35.6 Å². The lowest BCUT2D eigenvalue weighted by Gasteiger charge is -2.25. The van der Waals surface area contributed by atoms with Gasteiger partial charge in [0.25, 0.3) is 0 Å². The maximum atomic E-state index is 13.4. The molecule has 1 nitrogen and oxygen atoms in total. The first kappa shape index (κ1) is 21.8. The predicted molar refractivity (Wildman–Crippen MR) is 91.2 cm³/mol. The molecule has 0 aromatic carbocycles. The molecule has 0 saturated carbocycles. The lowest BCUT2D eigenvalue weighted by molar-refractivity contribution is -0.0959. The van der Waals surface area contributed by atoms with Gasteiger partial charge in [0.2, 0.25) is 0 Å². The number of allylic oxidation sites excluding steroid dienone is 5. The van der Waals surface area contributed by atoms with E-state index in [2.05, 4.69) is 20.8 Å². The van der Waals surface area contributed by atoms with Crippen molar-refractivity contribution in [2.24, 2.45) is 5.92 Å². The Morgan fingerprint density at radius 1 is 1.17 bits per heavy atom. The number of ether oxygens (including phenoxy) is 1. The van der Waals surface area contributed by atoms with Gasteiger partial charge in [-0.1, -0.05) is 52.7 Å². The summed E-state index contributed by atoms with van der Waals surface area (Å²) >= 11 is 0. The summed E-state index contributed by atoms with van der Waals surface area (Å²) in [5, 5.41) is 0. The van der Waals surface area contributed by atoms with E-state index in [1.165, 1.54) is 12.2 Å². The molecule has 0 aromatic rings. The first-order valence-corrected chi connectivity index (χ1v) is 8.53. The van der Waals surface area contributed by atoms with E-state index in [1.54, 1.807) is 13.0 Å². The number of unbranched alkanes of at least 4 members (excludes halogenated alkanes) is 1. The van der Waals surface area contributed by atoms with Gasteiger partial charge in [-0.05, 0) is 44.3 Å². The third-order valence-corrected chi connectivity index (χ3v) is 3.32. The second-order valence-electron chi connectivity index (χ2n) is 6.09. The maximum Gasteiger partial charge on any atom is 0.419 e. The molecule has 4 heteroatoms. The molecule has 0 radical (unpaired) electrons. The molecular formula is C19H31F3O. The summed E-state index contributed by atoms with van der Waals surface area (Å²) in [5.41, 5.74) is -0.706. The van der Waals surface area contributed by atoms with E-state index in [9.17, 15) is 13.2 Å². The quantitative estimate of drug-likeness (QED) is 0.310. The first-order chi connectivity index (χ1) is 10.8. The average Bonchev–Trinajstić information content (AvgIpc) is 2.43. The van der Waals surface area contributed by atoms with Crippen LogP contribution < -0.4 is 0 Å². The minimum absolute atomic E-state index is 0.0418. The summed E-state index contributed by atoms with van der Waals surface area (Å²) in [6.07, 6.45) is 5.01. The molecular weight excluding hydrogens is 301 g/mol. The molecule has 0 spiro atoms. The van der Waals surface area contributed by atoms with Gasteiger partial charge in [0.1, 0.15) is 5.76 Å². The molecule has 134 valence electrons. The number of hydrogen-bond acceptors (Lipinski definition) is 1. The van der Waals surface area contributed by atoms with Crippen molar-refractivity contribution in [2.45, 2.75) is 79.0 Å². The molecule has 23 heavy (non-hydrogen) atoms. The minimum Gasteiger partial charge on any atom is -0.490 e. The van der Waals surface area contributed by atoms with Crippen LogP contribution in [0.25, 0.3) is 0 Å². The van der Waals surface area contributed by atoms with Gasteiger partial charge in [-0.25, -0.2) is 0 Å². The fourth-order valence-corrected chi connectivity index (χ4v) is 2.28. The number of alkyl halides is 3. The summed E-state index contributed by atoms with van der Waals surface area (Å²) < 4.78 is 45.9. The van der Waals surface area contributed by atoms with Gasteiger partial charge < -0.3 is 4.74 Å². The van der Waals surface area contributed by atoms with E-state index in [4.69, 9.17) is 4.74 Å². The number of rotatable bonds is 10. The molecule has 0 saturated heterocycles. The highest BCUT2D eigenvalue weighted by Crippen LogP contribution is 2.34. The van der Waals surface area contributed by atoms with Gasteiger partial charge in [-0.2, -0.15) is 13.2 Å². The van der Waals surface area contributed by atoms with Gasteiger partial charge in [-0.3, -0.25) is 0 Å². The van der Waals surface area contributed by atoms with E-state index < -0.39 is 11.7 Å². The molecule has 0 amide bonds. The van der Waals surface area contributed by atoms with Crippen molar-refractivity contribution >= 4 is 0 Å². The van der Waals surface area contributed by atoms with Crippen molar-refractivity contribution in [3.63, 3.8) is 0 Å². The Bertz CT molecular complexity index is 403. The summed E-state index contributed by atoms with van der Waals surface area (Å²) in [6, 6.07) is 0. The fraction of sp³-hybridized carbons (Fsp3) is 0.684. The molecule has 0 aliphatic carbocycles.